The molecule has 2 aliphatic rings. The number of likely N-dealkylation sites (N-methyl/N-ethyl adjacent to an activating group) is 1. The fraction of sp³-hybridized carbons (Fsp3) is 0.450. The molecule has 1 aromatic carbocycles. The molecule has 0 radical (unpaired) electrons. The summed E-state index contributed by atoms with van der Waals surface area (Å²) in [5.74, 6) is 0.655. The molecule has 2 fully saturated rings. The molecule has 0 bridgehead atoms. The van der Waals surface area contributed by atoms with Crippen molar-refractivity contribution < 1.29 is 35.5 Å². The van der Waals surface area contributed by atoms with Crippen molar-refractivity contribution in [2.24, 2.45) is 0 Å². The number of aryl methyl sites for hydroxylation is 1. The Kier molecular flexibility index (Phi) is 6.80. The Balaban J connectivity index is 0.000000555. The molecule has 1 spiro atoms. The molecular weight excluding hydrogens is 465 g/mol. The van der Waals surface area contributed by atoms with Gasteiger partial charge in [-0.25, -0.2) is 9.97 Å². The Labute approximate surface area is 188 Å². The Morgan fingerprint density at radius 1 is 1.15 bits per heavy atom. The van der Waals surface area contributed by atoms with Crippen LogP contribution in [0.3, 0.4) is 0 Å². The molecule has 180 valence electrons. The average molecular weight is 488 g/mol. The van der Waals surface area contributed by atoms with Crippen LogP contribution in [0, 0.1) is 6.92 Å². The van der Waals surface area contributed by atoms with E-state index in [1.54, 1.807) is 6.07 Å². The number of amides is 1. The second-order valence-electron chi connectivity index (χ2n) is 7.98. The minimum absolute atomic E-state index is 0.0492. The van der Waals surface area contributed by atoms with Gasteiger partial charge in [-0.2, -0.15) is 21.6 Å². The molecule has 1 aromatic heterocycles. The predicted molar refractivity (Wildman–Crippen MR) is 111 cm³/mol. The van der Waals surface area contributed by atoms with Crippen molar-refractivity contribution in [1.82, 2.24) is 20.2 Å². The van der Waals surface area contributed by atoms with E-state index in [1.807, 2.05) is 14.0 Å². The van der Waals surface area contributed by atoms with Crippen LogP contribution >= 0.6 is 0 Å². The van der Waals surface area contributed by atoms with Crippen molar-refractivity contribution in [3.05, 3.63) is 47.4 Å². The summed E-state index contributed by atoms with van der Waals surface area (Å²) in [6.07, 6.45) is -2.10. The number of nitrogens with zero attached hydrogens (tertiary/aromatic N) is 3. The van der Waals surface area contributed by atoms with Gasteiger partial charge >= 0.3 is 16.6 Å². The summed E-state index contributed by atoms with van der Waals surface area (Å²) >= 11 is 0. The molecule has 0 aliphatic carbocycles. The van der Waals surface area contributed by atoms with E-state index in [-0.39, 0.29) is 11.9 Å². The lowest BCUT2D eigenvalue weighted by Crippen LogP contribution is -2.48. The maximum atomic E-state index is 12.8. The third-order valence-corrected chi connectivity index (χ3v) is 5.90. The van der Waals surface area contributed by atoms with E-state index in [0.29, 0.717) is 23.6 Å². The quantitative estimate of drug-likeness (QED) is 0.550. The Bertz CT molecular complexity index is 1130. The summed E-state index contributed by atoms with van der Waals surface area (Å²) in [5, 5.41) is 2.91. The van der Waals surface area contributed by atoms with Crippen LogP contribution in [0.4, 0.5) is 13.2 Å². The second kappa shape index (κ2) is 8.97. The molecule has 2 aliphatic heterocycles. The van der Waals surface area contributed by atoms with Crippen LogP contribution in [0.15, 0.2) is 30.3 Å². The maximum Gasteiger partial charge on any atom is 0.416 e. The summed E-state index contributed by atoms with van der Waals surface area (Å²) in [7, 11) is -2.74. The van der Waals surface area contributed by atoms with Crippen LogP contribution in [0.25, 0.3) is 11.3 Å². The number of aromatic nitrogens is 2. The zero-order valence-electron chi connectivity index (χ0n) is 17.8. The highest BCUT2D eigenvalue weighted by atomic mass is 32.3. The van der Waals surface area contributed by atoms with Crippen LogP contribution < -0.4 is 5.32 Å². The highest BCUT2D eigenvalue weighted by molar-refractivity contribution is 7.79. The summed E-state index contributed by atoms with van der Waals surface area (Å²) in [6.45, 7) is 2.51. The lowest BCUT2D eigenvalue weighted by Gasteiger charge is -2.32. The minimum Gasteiger partial charge on any atom is -0.354 e. The lowest BCUT2D eigenvalue weighted by molar-refractivity contribution is -0.137. The number of likely N-dealkylation sites (tertiary alicyclic amines) is 1. The van der Waals surface area contributed by atoms with Crippen molar-refractivity contribution >= 4 is 16.3 Å². The zero-order valence-corrected chi connectivity index (χ0v) is 18.6. The SMILES string of the molecule is Cc1cc(-c2ccc(C(F)(F)F)cc2)nc(C2CCC3(CCNC3=O)N2C)n1.O=S(=O)(O)O. The minimum atomic E-state index is -4.67. The number of benzene rings is 1. The van der Waals surface area contributed by atoms with Gasteiger partial charge in [0.2, 0.25) is 5.91 Å². The Morgan fingerprint density at radius 2 is 1.76 bits per heavy atom. The average Bonchev–Trinajstić information content (AvgIpc) is 3.23. The van der Waals surface area contributed by atoms with Gasteiger partial charge in [0, 0.05) is 17.8 Å². The molecule has 3 heterocycles. The van der Waals surface area contributed by atoms with E-state index in [0.717, 1.165) is 37.1 Å². The fourth-order valence-corrected chi connectivity index (χ4v) is 4.30. The summed E-state index contributed by atoms with van der Waals surface area (Å²) < 4.78 is 70.0. The molecule has 1 amide bonds. The van der Waals surface area contributed by atoms with Gasteiger partial charge in [-0.3, -0.25) is 18.8 Å². The largest absolute Gasteiger partial charge is 0.416 e. The topological polar surface area (TPSA) is 133 Å². The molecule has 2 unspecified atom stereocenters. The Morgan fingerprint density at radius 3 is 2.27 bits per heavy atom. The standard InChI is InChI=1S/C20H21F3N4O.H2O4S/c1-12-11-15(13-3-5-14(6-4-13)20(21,22)23)26-17(25-12)16-7-8-19(27(16)2)9-10-24-18(19)28;1-5(2,3)4/h3-6,11,16H,7-10H2,1-2H3,(H,24,28);(H2,1,2,3,4). The molecule has 3 N–H and O–H groups in total. The molecule has 4 rings (SSSR count). The van der Waals surface area contributed by atoms with Crippen LogP contribution in [-0.4, -0.2) is 57.4 Å². The van der Waals surface area contributed by atoms with Crippen LogP contribution in [0.1, 0.15) is 42.4 Å². The van der Waals surface area contributed by atoms with Crippen molar-refractivity contribution in [2.75, 3.05) is 13.6 Å². The van der Waals surface area contributed by atoms with Gasteiger partial charge in [-0.1, -0.05) is 12.1 Å². The van der Waals surface area contributed by atoms with Gasteiger partial charge < -0.3 is 5.32 Å². The van der Waals surface area contributed by atoms with Gasteiger partial charge in [0.1, 0.15) is 11.4 Å². The summed E-state index contributed by atoms with van der Waals surface area (Å²) in [4.78, 5) is 23.6. The van der Waals surface area contributed by atoms with Gasteiger partial charge in [0.25, 0.3) is 0 Å². The van der Waals surface area contributed by atoms with E-state index in [9.17, 15) is 18.0 Å². The molecular formula is C20H23F3N4O5S. The van der Waals surface area contributed by atoms with Gasteiger partial charge in [-0.05, 0) is 51.4 Å². The molecule has 33 heavy (non-hydrogen) atoms. The van der Waals surface area contributed by atoms with E-state index < -0.39 is 27.7 Å². The maximum absolute atomic E-state index is 12.8. The van der Waals surface area contributed by atoms with Gasteiger partial charge in [0.05, 0.1) is 17.3 Å². The number of carbonyl (C=O) groups is 1. The molecule has 0 saturated carbocycles. The molecule has 2 atom stereocenters. The fourth-order valence-electron chi connectivity index (χ4n) is 4.30. The van der Waals surface area contributed by atoms with Crippen molar-refractivity contribution in [3.63, 3.8) is 0 Å². The highest BCUT2D eigenvalue weighted by Gasteiger charge is 2.53. The van der Waals surface area contributed by atoms with E-state index in [2.05, 4.69) is 20.2 Å². The molecule has 2 aromatic rings. The lowest BCUT2D eigenvalue weighted by atomic mass is 9.95. The smallest absolute Gasteiger partial charge is 0.354 e. The number of rotatable bonds is 2. The first-order valence-corrected chi connectivity index (χ1v) is 11.3. The first-order chi connectivity index (χ1) is 15.2. The number of nitrogens with one attached hydrogen (secondary N) is 1. The number of halogens is 3. The van der Waals surface area contributed by atoms with Gasteiger partial charge in [-0.15, -0.1) is 0 Å². The van der Waals surface area contributed by atoms with Crippen molar-refractivity contribution in [2.45, 2.75) is 43.9 Å². The summed E-state index contributed by atoms with van der Waals surface area (Å²) in [5.41, 5.74) is 0.735. The molecule has 2 saturated heterocycles. The number of carbonyl (C=O) groups excluding carboxylic acids is 1. The number of hydrogen-bond donors (Lipinski definition) is 3. The normalized spacial score (nSPS) is 23.4. The third-order valence-electron chi connectivity index (χ3n) is 5.90. The number of hydrogen-bond acceptors (Lipinski definition) is 6. The second-order valence-corrected chi connectivity index (χ2v) is 8.87. The Hall–Kier alpha value is -2.61. The highest BCUT2D eigenvalue weighted by Crippen LogP contribution is 2.44. The zero-order chi connectivity index (χ0) is 24.6. The predicted octanol–water partition coefficient (Wildman–Crippen LogP) is 2.84. The van der Waals surface area contributed by atoms with Crippen LogP contribution in [0.5, 0.6) is 0 Å². The molecule has 13 heteroatoms. The van der Waals surface area contributed by atoms with E-state index in [1.165, 1.54) is 12.1 Å². The van der Waals surface area contributed by atoms with E-state index in [4.69, 9.17) is 17.5 Å². The van der Waals surface area contributed by atoms with E-state index >= 15 is 0 Å². The summed E-state index contributed by atoms with van der Waals surface area (Å²) in [6, 6.07) is 6.64. The molecule has 9 nitrogen and oxygen atoms in total. The third kappa shape index (κ3) is 5.66. The van der Waals surface area contributed by atoms with Crippen molar-refractivity contribution in [1.29, 1.82) is 0 Å². The monoisotopic (exact) mass is 488 g/mol. The van der Waals surface area contributed by atoms with Gasteiger partial charge in [0.15, 0.2) is 0 Å². The number of alkyl halides is 3. The van der Waals surface area contributed by atoms with Crippen LogP contribution in [0.2, 0.25) is 0 Å². The first kappa shape index (κ1) is 25.0. The first-order valence-electron chi connectivity index (χ1n) is 9.95. The van der Waals surface area contributed by atoms with Crippen LogP contribution in [-0.2, 0) is 21.4 Å². The van der Waals surface area contributed by atoms with Crippen molar-refractivity contribution in [3.8, 4) is 11.3 Å².